The Morgan fingerprint density at radius 3 is 2.00 bits per heavy atom. The molecule has 1 amide bonds. The van der Waals surface area contributed by atoms with E-state index in [1.807, 2.05) is 32.9 Å². The molecule has 0 spiro atoms. The van der Waals surface area contributed by atoms with Crippen LogP contribution < -0.4 is 11.1 Å². The molecule has 20 heavy (non-hydrogen) atoms. The van der Waals surface area contributed by atoms with Gasteiger partial charge in [0.2, 0.25) is 0 Å². The van der Waals surface area contributed by atoms with Crippen LogP contribution in [-0.2, 0) is 0 Å². The standard InChI is InChI=1S/C16H26N2O.ClH/c1-6-16(17,7-2)10-18-15(19)14-12(4)8-11(3)9-13(14)5;/h8-9H,6-7,10,17H2,1-5H3,(H,18,19);1H. The summed E-state index contributed by atoms with van der Waals surface area (Å²) in [5.41, 5.74) is 9.90. The summed E-state index contributed by atoms with van der Waals surface area (Å²) in [5.74, 6) is -0.0216. The Morgan fingerprint density at radius 2 is 1.60 bits per heavy atom. The lowest BCUT2D eigenvalue weighted by molar-refractivity contribution is 0.0941. The molecular formula is C16H27ClN2O. The Hall–Kier alpha value is -1.06. The minimum absolute atomic E-state index is 0. The molecule has 0 heterocycles. The summed E-state index contributed by atoms with van der Waals surface area (Å²) >= 11 is 0. The second-order valence-corrected chi connectivity index (χ2v) is 5.53. The predicted molar refractivity (Wildman–Crippen MR) is 87.7 cm³/mol. The number of hydrogen-bond acceptors (Lipinski definition) is 2. The van der Waals surface area contributed by atoms with Gasteiger partial charge in [-0.2, -0.15) is 0 Å². The van der Waals surface area contributed by atoms with E-state index in [-0.39, 0.29) is 23.9 Å². The van der Waals surface area contributed by atoms with Gasteiger partial charge in [0, 0.05) is 17.6 Å². The van der Waals surface area contributed by atoms with Crippen LogP contribution in [0.3, 0.4) is 0 Å². The molecule has 0 unspecified atom stereocenters. The molecule has 0 radical (unpaired) electrons. The average molecular weight is 299 g/mol. The van der Waals surface area contributed by atoms with Gasteiger partial charge in [0.05, 0.1) is 0 Å². The number of aryl methyl sites for hydroxylation is 3. The number of carbonyl (C=O) groups is 1. The zero-order valence-electron chi connectivity index (χ0n) is 13.2. The van der Waals surface area contributed by atoms with Gasteiger partial charge in [0.25, 0.3) is 5.91 Å². The third-order valence-corrected chi connectivity index (χ3v) is 3.91. The SMILES string of the molecule is CCC(N)(CC)CNC(=O)c1c(C)cc(C)cc1C.Cl. The highest BCUT2D eigenvalue weighted by Gasteiger charge is 2.22. The first-order valence-electron chi connectivity index (χ1n) is 6.98. The summed E-state index contributed by atoms with van der Waals surface area (Å²) in [6.07, 6.45) is 1.71. The lowest BCUT2D eigenvalue weighted by atomic mass is 9.93. The Kier molecular flexibility index (Phi) is 7.25. The van der Waals surface area contributed by atoms with Gasteiger partial charge < -0.3 is 11.1 Å². The van der Waals surface area contributed by atoms with Crippen LogP contribution in [0.1, 0.15) is 53.7 Å². The highest BCUT2D eigenvalue weighted by atomic mass is 35.5. The maximum Gasteiger partial charge on any atom is 0.251 e. The maximum atomic E-state index is 12.3. The Morgan fingerprint density at radius 1 is 1.15 bits per heavy atom. The summed E-state index contributed by atoms with van der Waals surface area (Å²) in [6, 6.07) is 4.08. The van der Waals surface area contributed by atoms with Gasteiger partial charge in [-0.05, 0) is 44.7 Å². The molecule has 0 aliphatic carbocycles. The molecule has 0 aliphatic rings. The van der Waals surface area contributed by atoms with Crippen LogP contribution in [0.5, 0.6) is 0 Å². The van der Waals surface area contributed by atoms with E-state index in [1.54, 1.807) is 0 Å². The quantitative estimate of drug-likeness (QED) is 0.876. The van der Waals surface area contributed by atoms with Gasteiger partial charge in [0.1, 0.15) is 0 Å². The van der Waals surface area contributed by atoms with Gasteiger partial charge in [0.15, 0.2) is 0 Å². The van der Waals surface area contributed by atoms with Gasteiger partial charge in [-0.25, -0.2) is 0 Å². The summed E-state index contributed by atoms with van der Waals surface area (Å²) in [4.78, 5) is 12.3. The molecule has 1 aromatic carbocycles. The number of rotatable bonds is 5. The van der Waals surface area contributed by atoms with Gasteiger partial charge >= 0.3 is 0 Å². The van der Waals surface area contributed by atoms with Crippen LogP contribution in [0, 0.1) is 20.8 Å². The number of amides is 1. The zero-order chi connectivity index (χ0) is 14.6. The topological polar surface area (TPSA) is 55.1 Å². The van der Waals surface area contributed by atoms with Gasteiger partial charge in [-0.3, -0.25) is 4.79 Å². The first-order valence-corrected chi connectivity index (χ1v) is 6.98. The molecule has 3 nitrogen and oxygen atoms in total. The number of halogens is 1. The molecule has 0 fully saturated rings. The second kappa shape index (κ2) is 7.65. The number of benzene rings is 1. The normalized spacial score (nSPS) is 10.9. The van der Waals surface area contributed by atoms with E-state index < -0.39 is 0 Å². The van der Waals surface area contributed by atoms with E-state index >= 15 is 0 Å². The molecule has 0 saturated heterocycles. The second-order valence-electron chi connectivity index (χ2n) is 5.53. The fourth-order valence-corrected chi connectivity index (χ4v) is 2.38. The molecule has 1 aromatic rings. The van der Waals surface area contributed by atoms with Crippen LogP contribution in [0.4, 0.5) is 0 Å². The lowest BCUT2D eigenvalue weighted by Crippen LogP contribution is -2.49. The molecule has 0 bridgehead atoms. The number of carbonyl (C=O) groups excluding carboxylic acids is 1. The molecule has 0 aromatic heterocycles. The van der Waals surface area contributed by atoms with E-state index in [0.717, 1.165) is 29.5 Å². The van der Waals surface area contributed by atoms with Crippen LogP contribution in [0.2, 0.25) is 0 Å². The maximum absolute atomic E-state index is 12.3. The van der Waals surface area contributed by atoms with Crippen molar-refractivity contribution in [3.63, 3.8) is 0 Å². The van der Waals surface area contributed by atoms with Crippen LogP contribution in [-0.4, -0.2) is 18.0 Å². The van der Waals surface area contributed by atoms with Crippen molar-refractivity contribution in [1.82, 2.24) is 5.32 Å². The van der Waals surface area contributed by atoms with Crippen molar-refractivity contribution in [3.05, 3.63) is 34.4 Å². The van der Waals surface area contributed by atoms with Crippen molar-refractivity contribution in [2.24, 2.45) is 5.73 Å². The highest BCUT2D eigenvalue weighted by Crippen LogP contribution is 2.17. The van der Waals surface area contributed by atoms with Crippen LogP contribution in [0.15, 0.2) is 12.1 Å². The zero-order valence-corrected chi connectivity index (χ0v) is 14.0. The number of nitrogens with one attached hydrogen (secondary N) is 1. The summed E-state index contributed by atoms with van der Waals surface area (Å²) < 4.78 is 0. The molecule has 0 saturated carbocycles. The number of hydrogen-bond donors (Lipinski definition) is 2. The van der Waals surface area contributed by atoms with Crippen LogP contribution in [0.25, 0.3) is 0 Å². The largest absolute Gasteiger partial charge is 0.350 e. The Bertz CT molecular complexity index is 445. The smallest absolute Gasteiger partial charge is 0.251 e. The van der Waals surface area contributed by atoms with Crippen LogP contribution >= 0.6 is 12.4 Å². The summed E-state index contributed by atoms with van der Waals surface area (Å²) in [7, 11) is 0. The molecular weight excluding hydrogens is 272 g/mol. The monoisotopic (exact) mass is 298 g/mol. The first kappa shape index (κ1) is 18.9. The first-order chi connectivity index (χ1) is 8.83. The van der Waals surface area contributed by atoms with E-state index in [4.69, 9.17) is 5.73 Å². The van der Waals surface area contributed by atoms with Gasteiger partial charge in [-0.1, -0.05) is 31.5 Å². The van der Waals surface area contributed by atoms with E-state index in [1.165, 1.54) is 5.56 Å². The minimum atomic E-state index is -0.303. The minimum Gasteiger partial charge on any atom is -0.350 e. The lowest BCUT2D eigenvalue weighted by Gasteiger charge is -2.27. The van der Waals surface area contributed by atoms with Crippen molar-refractivity contribution in [2.75, 3.05) is 6.54 Å². The van der Waals surface area contributed by atoms with E-state index in [0.29, 0.717) is 6.54 Å². The summed E-state index contributed by atoms with van der Waals surface area (Å²) in [5, 5.41) is 2.98. The summed E-state index contributed by atoms with van der Waals surface area (Å²) in [6.45, 7) is 10.6. The molecule has 3 N–H and O–H groups in total. The van der Waals surface area contributed by atoms with E-state index in [2.05, 4.69) is 19.2 Å². The highest BCUT2D eigenvalue weighted by molar-refractivity contribution is 5.97. The molecule has 4 heteroatoms. The third-order valence-electron chi connectivity index (χ3n) is 3.91. The molecule has 1 rings (SSSR count). The molecule has 114 valence electrons. The van der Waals surface area contributed by atoms with E-state index in [9.17, 15) is 4.79 Å². The Balaban J connectivity index is 0.00000361. The van der Waals surface area contributed by atoms with Crippen molar-refractivity contribution in [2.45, 2.75) is 53.0 Å². The van der Waals surface area contributed by atoms with Crippen molar-refractivity contribution < 1.29 is 4.79 Å². The third kappa shape index (κ3) is 4.50. The van der Waals surface area contributed by atoms with Crippen molar-refractivity contribution >= 4 is 18.3 Å². The fourth-order valence-electron chi connectivity index (χ4n) is 2.38. The van der Waals surface area contributed by atoms with Crippen molar-refractivity contribution in [3.8, 4) is 0 Å². The fraction of sp³-hybridized carbons (Fsp3) is 0.562. The predicted octanol–water partition coefficient (Wildman–Crippen LogP) is 3.28. The van der Waals surface area contributed by atoms with Gasteiger partial charge in [-0.15, -0.1) is 12.4 Å². The molecule has 0 atom stereocenters. The van der Waals surface area contributed by atoms with Crippen molar-refractivity contribution in [1.29, 1.82) is 0 Å². The molecule has 0 aliphatic heterocycles. The Labute approximate surface area is 128 Å². The number of nitrogens with two attached hydrogens (primary N) is 1. The average Bonchev–Trinajstić information content (AvgIpc) is 2.34.